The summed E-state index contributed by atoms with van der Waals surface area (Å²) in [6, 6.07) is 17.3. The number of rotatable bonds is 10. The van der Waals surface area contributed by atoms with Crippen molar-refractivity contribution in [1.82, 2.24) is 0 Å². The molecule has 3 aromatic carbocycles. The van der Waals surface area contributed by atoms with Crippen molar-refractivity contribution in [2.75, 3.05) is 30.9 Å². The van der Waals surface area contributed by atoms with Gasteiger partial charge in [0, 0.05) is 32.0 Å². The topological polar surface area (TPSA) is 93.0 Å². The summed E-state index contributed by atoms with van der Waals surface area (Å²) in [6.45, 7) is 9.99. The number of hydrogen-bond acceptors (Lipinski definition) is 5. The number of aromatic hydroxyl groups is 1. The number of nitrogens with one attached hydrogen (secondary N) is 1. The molecule has 0 saturated carbocycles. The number of carboxylic acids is 1. The standard InChI is InChI=1S/C35H44N2O4/c1-34(2)17-18-35(3,4)32-28(34)21-25(30(38)16-12-24-11-15-27(33(40)41)31(39)20-24)22-29(32)36-19-7-8-23-9-13-26(14-10-23)37(5)6/h9-16,20-22,30,36,38-39H,7-8,17-19H2,1-6H3,(H,40,41). The lowest BCUT2D eigenvalue weighted by Gasteiger charge is -2.43. The van der Waals surface area contributed by atoms with Gasteiger partial charge in [0.05, 0.1) is 6.10 Å². The number of fused-ring (bicyclic) bond motifs is 1. The van der Waals surface area contributed by atoms with Crippen molar-refractivity contribution in [3.63, 3.8) is 0 Å². The third-order valence-corrected chi connectivity index (χ3v) is 8.42. The summed E-state index contributed by atoms with van der Waals surface area (Å²) < 4.78 is 0. The highest BCUT2D eigenvalue weighted by Crippen LogP contribution is 2.49. The lowest BCUT2D eigenvalue weighted by molar-refractivity contribution is 0.0693. The molecule has 41 heavy (non-hydrogen) atoms. The molecule has 4 N–H and O–H groups in total. The molecule has 3 aromatic rings. The van der Waals surface area contributed by atoms with Gasteiger partial charge in [-0.15, -0.1) is 0 Å². The summed E-state index contributed by atoms with van der Waals surface area (Å²) in [4.78, 5) is 13.3. The first-order valence-corrected chi connectivity index (χ1v) is 14.4. The average molecular weight is 557 g/mol. The molecule has 0 radical (unpaired) electrons. The molecule has 4 rings (SSSR count). The molecule has 1 unspecified atom stereocenters. The van der Waals surface area contributed by atoms with E-state index in [2.05, 4.69) is 74.3 Å². The van der Waals surface area contributed by atoms with Gasteiger partial charge in [-0.1, -0.05) is 64.1 Å². The molecule has 1 atom stereocenters. The maximum absolute atomic E-state index is 11.2. The van der Waals surface area contributed by atoms with Crippen LogP contribution in [0.4, 0.5) is 11.4 Å². The number of aliphatic hydroxyl groups is 1. The number of nitrogens with zero attached hydrogens (tertiary/aromatic N) is 1. The number of anilines is 2. The Hall–Kier alpha value is -3.77. The molecule has 0 spiro atoms. The highest BCUT2D eigenvalue weighted by molar-refractivity contribution is 5.91. The summed E-state index contributed by atoms with van der Waals surface area (Å²) in [5.74, 6) is -1.48. The third-order valence-electron chi connectivity index (χ3n) is 8.42. The van der Waals surface area contributed by atoms with E-state index in [9.17, 15) is 15.0 Å². The normalized spacial score (nSPS) is 16.3. The first-order chi connectivity index (χ1) is 19.3. The molecule has 0 aliphatic heterocycles. The molecule has 0 fully saturated rings. The van der Waals surface area contributed by atoms with E-state index in [1.54, 1.807) is 18.2 Å². The van der Waals surface area contributed by atoms with Crippen LogP contribution in [0.25, 0.3) is 6.08 Å². The van der Waals surface area contributed by atoms with E-state index < -0.39 is 12.1 Å². The van der Waals surface area contributed by atoms with Gasteiger partial charge in [0.15, 0.2) is 0 Å². The second-order valence-corrected chi connectivity index (χ2v) is 12.7. The molecule has 6 heteroatoms. The maximum atomic E-state index is 11.2. The number of carboxylic acid groups (broad SMARTS) is 1. The monoisotopic (exact) mass is 556 g/mol. The van der Waals surface area contributed by atoms with E-state index in [-0.39, 0.29) is 22.1 Å². The lowest BCUT2D eigenvalue weighted by Crippen LogP contribution is -2.35. The lowest BCUT2D eigenvalue weighted by atomic mass is 9.62. The molecule has 6 nitrogen and oxygen atoms in total. The van der Waals surface area contributed by atoms with Crippen LogP contribution < -0.4 is 10.2 Å². The van der Waals surface area contributed by atoms with Crippen molar-refractivity contribution >= 4 is 23.4 Å². The van der Waals surface area contributed by atoms with Crippen molar-refractivity contribution in [1.29, 1.82) is 0 Å². The van der Waals surface area contributed by atoms with Crippen LogP contribution in [0.2, 0.25) is 0 Å². The summed E-state index contributed by atoms with van der Waals surface area (Å²) in [5, 5.41) is 34.2. The zero-order valence-electron chi connectivity index (χ0n) is 25.2. The molecular weight excluding hydrogens is 512 g/mol. The molecule has 0 heterocycles. The largest absolute Gasteiger partial charge is 0.507 e. The summed E-state index contributed by atoms with van der Waals surface area (Å²) in [6.07, 6.45) is 6.66. The Balaban J connectivity index is 1.57. The molecule has 1 aliphatic rings. The number of hydrogen-bond donors (Lipinski definition) is 4. The number of benzene rings is 3. The van der Waals surface area contributed by atoms with Crippen molar-refractivity contribution < 1.29 is 20.1 Å². The van der Waals surface area contributed by atoms with Gasteiger partial charge in [0.25, 0.3) is 0 Å². The second-order valence-electron chi connectivity index (χ2n) is 12.7. The Morgan fingerprint density at radius 3 is 2.32 bits per heavy atom. The SMILES string of the molecule is CN(C)c1ccc(CCCNc2cc(C(O)C=Cc3ccc(C(=O)O)c(O)c3)cc3c2C(C)(C)CCC3(C)C)cc1. The van der Waals surface area contributed by atoms with Gasteiger partial charge < -0.3 is 25.5 Å². The van der Waals surface area contributed by atoms with E-state index in [0.29, 0.717) is 5.56 Å². The highest BCUT2D eigenvalue weighted by Gasteiger charge is 2.39. The Bertz CT molecular complexity index is 1420. The molecule has 0 aromatic heterocycles. The molecule has 0 amide bonds. The first-order valence-electron chi connectivity index (χ1n) is 14.4. The van der Waals surface area contributed by atoms with Crippen LogP contribution >= 0.6 is 0 Å². The summed E-state index contributed by atoms with van der Waals surface area (Å²) in [5.41, 5.74) is 7.45. The summed E-state index contributed by atoms with van der Waals surface area (Å²) >= 11 is 0. The van der Waals surface area contributed by atoms with Gasteiger partial charge >= 0.3 is 5.97 Å². The number of aromatic carboxylic acids is 1. The van der Waals surface area contributed by atoms with Crippen molar-refractivity contribution in [3.8, 4) is 5.75 Å². The van der Waals surface area contributed by atoms with Gasteiger partial charge in [0.1, 0.15) is 11.3 Å². The fourth-order valence-corrected chi connectivity index (χ4v) is 5.75. The maximum Gasteiger partial charge on any atom is 0.339 e. The van der Waals surface area contributed by atoms with Crippen LogP contribution in [0, 0.1) is 0 Å². The van der Waals surface area contributed by atoms with Crippen molar-refractivity contribution in [2.45, 2.75) is 70.3 Å². The highest BCUT2D eigenvalue weighted by atomic mass is 16.4. The zero-order valence-corrected chi connectivity index (χ0v) is 25.2. The van der Waals surface area contributed by atoms with Crippen LogP contribution in [-0.2, 0) is 17.3 Å². The Morgan fingerprint density at radius 2 is 1.68 bits per heavy atom. The molecule has 218 valence electrons. The predicted octanol–water partition coefficient (Wildman–Crippen LogP) is 7.30. The van der Waals surface area contributed by atoms with E-state index >= 15 is 0 Å². The minimum Gasteiger partial charge on any atom is -0.507 e. The van der Waals surface area contributed by atoms with Crippen molar-refractivity contribution in [3.05, 3.63) is 94.1 Å². The van der Waals surface area contributed by atoms with Gasteiger partial charge in [-0.25, -0.2) is 4.79 Å². The van der Waals surface area contributed by atoms with Crippen molar-refractivity contribution in [2.24, 2.45) is 0 Å². The minimum atomic E-state index is -1.18. The van der Waals surface area contributed by atoms with Crippen LogP contribution in [0.15, 0.2) is 60.7 Å². The quantitative estimate of drug-likeness (QED) is 0.196. The van der Waals surface area contributed by atoms with Gasteiger partial charge in [0.2, 0.25) is 0 Å². The minimum absolute atomic E-state index is 0.0118. The van der Waals surface area contributed by atoms with Gasteiger partial charge in [-0.05, 0) is 94.7 Å². The fraction of sp³-hybridized carbons (Fsp3) is 0.400. The zero-order chi connectivity index (χ0) is 29.9. The predicted molar refractivity (Wildman–Crippen MR) is 168 cm³/mol. The van der Waals surface area contributed by atoms with Crippen LogP contribution in [0.5, 0.6) is 5.75 Å². The number of aliphatic hydroxyl groups excluding tert-OH is 1. The third kappa shape index (κ3) is 6.94. The van der Waals surface area contributed by atoms with Crippen LogP contribution in [0.1, 0.15) is 91.2 Å². The number of carbonyl (C=O) groups is 1. The van der Waals surface area contributed by atoms with E-state index in [1.807, 2.05) is 14.1 Å². The Labute approximate surface area is 244 Å². The molecule has 1 aliphatic carbocycles. The second kappa shape index (κ2) is 12.0. The van der Waals surface area contributed by atoms with Gasteiger partial charge in [-0.3, -0.25) is 0 Å². The first kappa shape index (κ1) is 30.2. The van der Waals surface area contributed by atoms with Gasteiger partial charge in [-0.2, -0.15) is 0 Å². The van der Waals surface area contributed by atoms with E-state index in [4.69, 9.17) is 5.11 Å². The molecule has 0 bridgehead atoms. The number of phenols is 1. The average Bonchev–Trinajstić information content (AvgIpc) is 2.92. The van der Waals surface area contributed by atoms with Crippen LogP contribution in [-0.4, -0.2) is 41.9 Å². The van der Waals surface area contributed by atoms with Crippen LogP contribution in [0.3, 0.4) is 0 Å². The summed E-state index contributed by atoms with van der Waals surface area (Å²) in [7, 11) is 4.10. The number of aryl methyl sites for hydroxylation is 1. The Kier molecular flexibility index (Phi) is 8.83. The molecular formula is C35H44N2O4. The smallest absolute Gasteiger partial charge is 0.339 e. The fourth-order valence-electron chi connectivity index (χ4n) is 5.75. The Morgan fingerprint density at radius 1 is 1.00 bits per heavy atom. The molecule has 0 saturated heterocycles. The van der Waals surface area contributed by atoms with E-state index in [0.717, 1.165) is 43.5 Å². The van der Waals surface area contributed by atoms with E-state index in [1.165, 1.54) is 34.5 Å².